The van der Waals surface area contributed by atoms with Crippen molar-refractivity contribution < 1.29 is 5.11 Å². The van der Waals surface area contributed by atoms with Gasteiger partial charge in [0.2, 0.25) is 0 Å². The standard InChI is InChI=1S/C16H32N2O/c1-12(2)14-6-8-18(10-14)15-5-7-16(9-15,11-19)17-13(3)4/h12-15,17,19H,5-11H2,1-4H3. The molecule has 2 rings (SSSR count). The molecule has 0 aromatic carbocycles. The first-order valence-corrected chi connectivity index (χ1v) is 8.08. The van der Waals surface area contributed by atoms with E-state index in [0.717, 1.165) is 24.7 Å². The lowest BCUT2D eigenvalue weighted by Crippen LogP contribution is -2.50. The molecule has 0 aromatic heterocycles. The molecule has 1 aliphatic heterocycles. The second-order valence-corrected chi connectivity index (χ2v) is 7.42. The van der Waals surface area contributed by atoms with Crippen molar-refractivity contribution in [3.05, 3.63) is 0 Å². The molecule has 1 saturated carbocycles. The molecule has 112 valence electrons. The lowest BCUT2D eigenvalue weighted by molar-refractivity contribution is 0.140. The third kappa shape index (κ3) is 3.50. The van der Waals surface area contributed by atoms with Gasteiger partial charge in [-0.1, -0.05) is 27.7 Å². The molecule has 0 aromatic rings. The van der Waals surface area contributed by atoms with Crippen molar-refractivity contribution in [3.8, 4) is 0 Å². The van der Waals surface area contributed by atoms with E-state index >= 15 is 0 Å². The Hall–Kier alpha value is -0.120. The molecule has 0 spiro atoms. The van der Waals surface area contributed by atoms with E-state index in [2.05, 4.69) is 37.9 Å². The smallest absolute Gasteiger partial charge is 0.0614 e. The molecular weight excluding hydrogens is 236 g/mol. The van der Waals surface area contributed by atoms with Crippen LogP contribution in [0.15, 0.2) is 0 Å². The maximum absolute atomic E-state index is 9.79. The van der Waals surface area contributed by atoms with E-state index < -0.39 is 0 Å². The molecule has 3 nitrogen and oxygen atoms in total. The highest BCUT2D eigenvalue weighted by atomic mass is 16.3. The van der Waals surface area contributed by atoms with Crippen LogP contribution in [0.1, 0.15) is 53.4 Å². The average molecular weight is 268 g/mol. The summed E-state index contributed by atoms with van der Waals surface area (Å²) in [4.78, 5) is 2.68. The summed E-state index contributed by atoms with van der Waals surface area (Å²) in [5.74, 6) is 1.69. The van der Waals surface area contributed by atoms with Crippen LogP contribution in [0.25, 0.3) is 0 Å². The Morgan fingerprint density at radius 2 is 2.00 bits per heavy atom. The first-order chi connectivity index (χ1) is 8.96. The lowest BCUT2D eigenvalue weighted by atomic mass is 9.95. The highest BCUT2D eigenvalue weighted by molar-refractivity contribution is 5.01. The number of aliphatic hydroxyl groups is 1. The van der Waals surface area contributed by atoms with Crippen LogP contribution in [0.5, 0.6) is 0 Å². The van der Waals surface area contributed by atoms with Gasteiger partial charge in [-0.25, -0.2) is 0 Å². The molecule has 0 radical (unpaired) electrons. The van der Waals surface area contributed by atoms with Crippen LogP contribution in [-0.2, 0) is 0 Å². The van der Waals surface area contributed by atoms with Gasteiger partial charge in [0.15, 0.2) is 0 Å². The van der Waals surface area contributed by atoms with E-state index in [1.807, 2.05) is 0 Å². The summed E-state index contributed by atoms with van der Waals surface area (Å²) in [5, 5.41) is 13.4. The number of hydrogen-bond acceptors (Lipinski definition) is 3. The molecule has 1 aliphatic carbocycles. The van der Waals surface area contributed by atoms with E-state index in [4.69, 9.17) is 0 Å². The van der Waals surface area contributed by atoms with E-state index in [1.54, 1.807) is 0 Å². The summed E-state index contributed by atoms with van der Waals surface area (Å²) in [6.07, 6.45) is 4.84. The Morgan fingerprint density at radius 1 is 1.26 bits per heavy atom. The molecule has 1 saturated heterocycles. The number of aliphatic hydroxyl groups excluding tert-OH is 1. The molecular formula is C16H32N2O. The summed E-state index contributed by atoms with van der Waals surface area (Å²) in [6.45, 7) is 11.9. The third-order valence-electron chi connectivity index (χ3n) is 5.20. The van der Waals surface area contributed by atoms with Crippen LogP contribution < -0.4 is 5.32 Å². The fourth-order valence-electron chi connectivity index (χ4n) is 4.03. The van der Waals surface area contributed by atoms with E-state index in [0.29, 0.717) is 12.1 Å². The fraction of sp³-hybridized carbons (Fsp3) is 1.00. The SMILES string of the molecule is CC(C)NC1(CO)CCC(N2CCC(C(C)C)C2)C1. The molecule has 0 bridgehead atoms. The first kappa shape index (κ1) is 15.3. The summed E-state index contributed by atoms with van der Waals surface area (Å²) in [7, 11) is 0. The molecule has 3 atom stereocenters. The lowest BCUT2D eigenvalue weighted by Gasteiger charge is -2.32. The Kier molecular flexibility index (Phi) is 4.91. The van der Waals surface area contributed by atoms with Gasteiger partial charge in [0.25, 0.3) is 0 Å². The van der Waals surface area contributed by atoms with Crippen molar-refractivity contribution in [2.24, 2.45) is 11.8 Å². The largest absolute Gasteiger partial charge is 0.394 e. The van der Waals surface area contributed by atoms with Crippen molar-refractivity contribution in [3.63, 3.8) is 0 Å². The average Bonchev–Trinajstić information content (AvgIpc) is 2.94. The monoisotopic (exact) mass is 268 g/mol. The number of likely N-dealkylation sites (tertiary alicyclic amines) is 1. The Balaban J connectivity index is 1.91. The van der Waals surface area contributed by atoms with Crippen LogP contribution in [-0.4, -0.2) is 47.3 Å². The molecule has 1 heterocycles. The number of nitrogens with one attached hydrogen (secondary N) is 1. The second-order valence-electron chi connectivity index (χ2n) is 7.42. The molecule has 3 heteroatoms. The normalized spacial score (nSPS) is 36.8. The fourth-order valence-corrected chi connectivity index (χ4v) is 4.03. The molecule has 19 heavy (non-hydrogen) atoms. The van der Waals surface area contributed by atoms with Gasteiger partial charge >= 0.3 is 0 Å². The van der Waals surface area contributed by atoms with E-state index in [1.165, 1.54) is 25.9 Å². The predicted octanol–water partition coefficient (Wildman–Crippen LogP) is 2.25. The molecule has 0 amide bonds. The molecule has 2 N–H and O–H groups in total. The van der Waals surface area contributed by atoms with Crippen molar-refractivity contribution in [2.45, 2.75) is 71.0 Å². The van der Waals surface area contributed by atoms with Gasteiger partial charge in [-0.05, 0) is 44.1 Å². The molecule has 2 fully saturated rings. The Labute approximate surface area is 118 Å². The topological polar surface area (TPSA) is 35.5 Å². The number of rotatable bonds is 5. The van der Waals surface area contributed by atoms with Crippen molar-refractivity contribution in [1.82, 2.24) is 10.2 Å². The zero-order chi connectivity index (χ0) is 14.0. The highest BCUT2D eigenvalue weighted by Gasteiger charge is 2.42. The maximum atomic E-state index is 9.79. The van der Waals surface area contributed by atoms with Crippen LogP contribution in [0.4, 0.5) is 0 Å². The van der Waals surface area contributed by atoms with Crippen LogP contribution >= 0.6 is 0 Å². The minimum absolute atomic E-state index is 0.0191. The zero-order valence-electron chi connectivity index (χ0n) is 13.2. The summed E-state index contributed by atoms with van der Waals surface area (Å²) in [6, 6.07) is 1.13. The maximum Gasteiger partial charge on any atom is 0.0614 e. The van der Waals surface area contributed by atoms with Gasteiger partial charge in [0.05, 0.1) is 6.61 Å². The molecule has 3 unspecified atom stereocenters. The summed E-state index contributed by atoms with van der Waals surface area (Å²) >= 11 is 0. The minimum atomic E-state index is -0.0191. The predicted molar refractivity (Wildman–Crippen MR) is 80.2 cm³/mol. The van der Waals surface area contributed by atoms with E-state index in [-0.39, 0.29) is 12.1 Å². The van der Waals surface area contributed by atoms with Gasteiger partial charge in [0.1, 0.15) is 0 Å². The second kappa shape index (κ2) is 6.11. The summed E-state index contributed by atoms with van der Waals surface area (Å²) < 4.78 is 0. The third-order valence-corrected chi connectivity index (χ3v) is 5.20. The van der Waals surface area contributed by atoms with Gasteiger partial charge in [-0.15, -0.1) is 0 Å². The minimum Gasteiger partial charge on any atom is -0.394 e. The highest BCUT2D eigenvalue weighted by Crippen LogP contribution is 2.36. The summed E-state index contributed by atoms with van der Waals surface area (Å²) in [5.41, 5.74) is -0.0191. The van der Waals surface area contributed by atoms with Crippen LogP contribution in [0, 0.1) is 11.8 Å². The van der Waals surface area contributed by atoms with Crippen molar-refractivity contribution in [2.75, 3.05) is 19.7 Å². The van der Waals surface area contributed by atoms with Crippen LogP contribution in [0.2, 0.25) is 0 Å². The van der Waals surface area contributed by atoms with Crippen LogP contribution in [0.3, 0.4) is 0 Å². The van der Waals surface area contributed by atoms with Gasteiger partial charge < -0.3 is 15.3 Å². The number of nitrogens with zero attached hydrogens (tertiary/aromatic N) is 1. The van der Waals surface area contributed by atoms with E-state index in [9.17, 15) is 5.11 Å². The van der Waals surface area contributed by atoms with Crippen molar-refractivity contribution in [1.29, 1.82) is 0 Å². The Bertz CT molecular complexity index is 292. The quantitative estimate of drug-likeness (QED) is 0.803. The van der Waals surface area contributed by atoms with Gasteiger partial charge in [0, 0.05) is 24.2 Å². The van der Waals surface area contributed by atoms with Gasteiger partial charge in [-0.3, -0.25) is 0 Å². The number of hydrogen-bond donors (Lipinski definition) is 2. The van der Waals surface area contributed by atoms with Crippen molar-refractivity contribution >= 4 is 0 Å². The zero-order valence-corrected chi connectivity index (χ0v) is 13.2. The first-order valence-electron chi connectivity index (χ1n) is 8.08. The van der Waals surface area contributed by atoms with Gasteiger partial charge in [-0.2, -0.15) is 0 Å². The molecule has 2 aliphatic rings. The Morgan fingerprint density at radius 3 is 2.53 bits per heavy atom.